The molecule has 0 atom stereocenters. The van der Waals surface area contributed by atoms with Crippen molar-refractivity contribution in [3.8, 4) is 11.3 Å². The summed E-state index contributed by atoms with van der Waals surface area (Å²) in [6.45, 7) is 0. The van der Waals surface area contributed by atoms with Gasteiger partial charge in [-0.3, -0.25) is 0 Å². The fourth-order valence-electron chi connectivity index (χ4n) is 1.23. The third-order valence-corrected chi connectivity index (χ3v) is 2.44. The average Bonchev–Trinajstić information content (AvgIpc) is 2.67. The third kappa shape index (κ3) is 2.46. The molecule has 0 amide bonds. The molecule has 78 valence electrons. The molecule has 2 rings (SSSR count). The SMILES string of the molecule is ClC(Cl)(Cl)n1ccc(-c2ccccc2)n1. The number of rotatable bonds is 1. The Kier molecular flexibility index (Phi) is 2.91. The molecule has 0 fully saturated rings. The maximum absolute atomic E-state index is 5.69. The van der Waals surface area contributed by atoms with Crippen LogP contribution in [0.25, 0.3) is 11.3 Å². The predicted molar refractivity (Wildman–Crippen MR) is 63.2 cm³/mol. The lowest BCUT2D eigenvalue weighted by atomic mass is 10.2. The van der Waals surface area contributed by atoms with Gasteiger partial charge in [0.25, 0.3) is 3.92 Å². The second-order valence-electron chi connectivity index (χ2n) is 2.98. The fourth-order valence-corrected chi connectivity index (χ4v) is 1.51. The van der Waals surface area contributed by atoms with E-state index < -0.39 is 3.92 Å². The first-order chi connectivity index (χ1) is 7.07. The molecular weight excluding hydrogens is 254 g/mol. The van der Waals surface area contributed by atoms with Crippen LogP contribution in [0.1, 0.15) is 0 Å². The summed E-state index contributed by atoms with van der Waals surface area (Å²) in [5.41, 5.74) is 1.77. The minimum absolute atomic E-state index is 0.780. The number of hydrogen-bond acceptors (Lipinski definition) is 1. The Bertz CT molecular complexity index is 445. The van der Waals surface area contributed by atoms with Crippen molar-refractivity contribution in [3.05, 3.63) is 42.6 Å². The van der Waals surface area contributed by atoms with E-state index in [0.29, 0.717) is 0 Å². The van der Waals surface area contributed by atoms with E-state index >= 15 is 0 Å². The zero-order valence-corrected chi connectivity index (χ0v) is 9.84. The minimum Gasteiger partial charge on any atom is -0.223 e. The zero-order chi connectivity index (χ0) is 10.9. The van der Waals surface area contributed by atoms with Gasteiger partial charge in [0.15, 0.2) is 0 Å². The van der Waals surface area contributed by atoms with Gasteiger partial charge < -0.3 is 0 Å². The van der Waals surface area contributed by atoms with Crippen molar-refractivity contribution >= 4 is 34.8 Å². The highest BCUT2D eigenvalue weighted by Crippen LogP contribution is 2.32. The summed E-state index contributed by atoms with van der Waals surface area (Å²) in [6, 6.07) is 11.5. The van der Waals surface area contributed by atoms with Crippen LogP contribution in [-0.4, -0.2) is 9.78 Å². The Morgan fingerprint density at radius 2 is 1.67 bits per heavy atom. The molecule has 0 aliphatic rings. The first kappa shape index (κ1) is 10.8. The van der Waals surface area contributed by atoms with Gasteiger partial charge >= 0.3 is 0 Å². The van der Waals surface area contributed by atoms with Crippen LogP contribution in [0.5, 0.6) is 0 Å². The Morgan fingerprint density at radius 1 is 1.00 bits per heavy atom. The Balaban J connectivity index is 2.37. The lowest BCUT2D eigenvalue weighted by molar-refractivity contribution is 0.676. The molecule has 0 aliphatic heterocycles. The van der Waals surface area contributed by atoms with Gasteiger partial charge in [0.05, 0.1) is 5.69 Å². The average molecular weight is 262 g/mol. The molecule has 0 N–H and O–H groups in total. The van der Waals surface area contributed by atoms with Crippen LogP contribution in [0.15, 0.2) is 42.6 Å². The molecular formula is C10H7Cl3N2. The Labute approximate surface area is 102 Å². The smallest absolute Gasteiger partial charge is 0.223 e. The summed E-state index contributed by atoms with van der Waals surface area (Å²) in [7, 11) is 0. The molecule has 5 heteroatoms. The summed E-state index contributed by atoms with van der Waals surface area (Å²) >= 11 is 17.1. The summed E-state index contributed by atoms with van der Waals surface area (Å²) in [5, 5.41) is 4.17. The highest BCUT2D eigenvalue weighted by molar-refractivity contribution is 6.64. The van der Waals surface area contributed by atoms with E-state index in [0.717, 1.165) is 11.3 Å². The Morgan fingerprint density at radius 3 is 2.20 bits per heavy atom. The summed E-state index contributed by atoms with van der Waals surface area (Å²) in [4.78, 5) is 0. The van der Waals surface area contributed by atoms with Gasteiger partial charge in [-0.15, -0.1) is 0 Å². The van der Waals surface area contributed by atoms with E-state index in [1.807, 2.05) is 30.3 Å². The second-order valence-corrected chi connectivity index (χ2v) is 5.20. The van der Waals surface area contributed by atoms with E-state index in [1.54, 1.807) is 12.3 Å². The van der Waals surface area contributed by atoms with Crippen molar-refractivity contribution in [1.29, 1.82) is 0 Å². The van der Waals surface area contributed by atoms with Crippen molar-refractivity contribution in [1.82, 2.24) is 9.78 Å². The van der Waals surface area contributed by atoms with Crippen LogP contribution < -0.4 is 0 Å². The van der Waals surface area contributed by atoms with Crippen molar-refractivity contribution in [2.75, 3.05) is 0 Å². The quantitative estimate of drug-likeness (QED) is 0.713. The molecule has 15 heavy (non-hydrogen) atoms. The molecule has 0 bridgehead atoms. The summed E-state index contributed by atoms with van der Waals surface area (Å²) < 4.78 is -0.243. The van der Waals surface area contributed by atoms with E-state index in [-0.39, 0.29) is 0 Å². The number of alkyl halides is 3. The molecule has 2 aromatic rings. The molecule has 0 saturated carbocycles. The van der Waals surface area contributed by atoms with Gasteiger partial charge in [0.2, 0.25) is 0 Å². The fraction of sp³-hybridized carbons (Fsp3) is 0.100. The number of aromatic nitrogens is 2. The van der Waals surface area contributed by atoms with E-state index in [4.69, 9.17) is 34.8 Å². The number of benzene rings is 1. The van der Waals surface area contributed by atoms with Gasteiger partial charge in [-0.25, -0.2) is 4.68 Å². The standard InChI is InChI=1S/C10H7Cl3N2/c11-10(12,13)15-7-6-9(14-15)8-4-2-1-3-5-8/h1-7H. The minimum atomic E-state index is -1.53. The molecule has 1 aromatic carbocycles. The van der Waals surface area contributed by atoms with Crippen LogP contribution >= 0.6 is 34.8 Å². The van der Waals surface area contributed by atoms with Crippen LogP contribution in [0.4, 0.5) is 0 Å². The number of hydrogen-bond donors (Lipinski definition) is 0. The number of nitrogens with zero attached hydrogens (tertiary/aromatic N) is 2. The van der Waals surface area contributed by atoms with Crippen molar-refractivity contribution < 1.29 is 0 Å². The maximum atomic E-state index is 5.69. The maximum Gasteiger partial charge on any atom is 0.286 e. The largest absolute Gasteiger partial charge is 0.286 e. The van der Waals surface area contributed by atoms with Gasteiger partial charge in [0.1, 0.15) is 0 Å². The van der Waals surface area contributed by atoms with Gasteiger partial charge in [-0.1, -0.05) is 65.1 Å². The molecule has 1 aromatic heterocycles. The molecule has 0 unspecified atom stereocenters. The monoisotopic (exact) mass is 260 g/mol. The van der Waals surface area contributed by atoms with Crippen LogP contribution in [0.3, 0.4) is 0 Å². The molecule has 0 radical (unpaired) electrons. The van der Waals surface area contributed by atoms with Crippen LogP contribution in [0.2, 0.25) is 0 Å². The lowest BCUT2D eigenvalue weighted by Gasteiger charge is -2.10. The molecule has 0 spiro atoms. The summed E-state index contributed by atoms with van der Waals surface area (Å²) in [5.74, 6) is 0. The Hall–Kier alpha value is -0.700. The lowest BCUT2D eigenvalue weighted by Crippen LogP contribution is -2.12. The molecule has 0 aliphatic carbocycles. The van der Waals surface area contributed by atoms with E-state index in [9.17, 15) is 0 Å². The highest BCUT2D eigenvalue weighted by Gasteiger charge is 2.23. The highest BCUT2D eigenvalue weighted by atomic mass is 35.6. The number of halogens is 3. The van der Waals surface area contributed by atoms with Gasteiger partial charge in [-0.2, -0.15) is 5.10 Å². The van der Waals surface area contributed by atoms with Gasteiger partial charge in [0, 0.05) is 11.8 Å². The molecule has 1 heterocycles. The topological polar surface area (TPSA) is 17.8 Å². The molecule has 0 saturated heterocycles. The normalized spacial score (nSPS) is 11.7. The summed E-state index contributed by atoms with van der Waals surface area (Å²) in [6.07, 6.45) is 1.63. The first-order valence-electron chi connectivity index (χ1n) is 4.26. The van der Waals surface area contributed by atoms with E-state index in [1.165, 1.54) is 4.68 Å². The molecule has 2 nitrogen and oxygen atoms in total. The van der Waals surface area contributed by atoms with E-state index in [2.05, 4.69) is 5.10 Å². The van der Waals surface area contributed by atoms with Crippen LogP contribution in [-0.2, 0) is 3.92 Å². The van der Waals surface area contributed by atoms with Crippen LogP contribution in [0, 0.1) is 0 Å². The third-order valence-electron chi connectivity index (χ3n) is 1.92. The van der Waals surface area contributed by atoms with Crippen molar-refractivity contribution in [2.24, 2.45) is 0 Å². The zero-order valence-electron chi connectivity index (χ0n) is 7.57. The van der Waals surface area contributed by atoms with Gasteiger partial charge in [-0.05, 0) is 6.07 Å². The van der Waals surface area contributed by atoms with Crippen molar-refractivity contribution in [2.45, 2.75) is 3.92 Å². The van der Waals surface area contributed by atoms with Crippen molar-refractivity contribution in [3.63, 3.8) is 0 Å². The first-order valence-corrected chi connectivity index (χ1v) is 5.39. The predicted octanol–water partition coefficient (Wildman–Crippen LogP) is 3.83. The second kappa shape index (κ2) is 4.05.